The zero-order valence-corrected chi connectivity index (χ0v) is 15.0. The molecular weight excluding hydrogens is 312 g/mol. The van der Waals surface area contributed by atoms with Crippen LogP contribution in [-0.4, -0.2) is 5.60 Å². The second kappa shape index (κ2) is 4.03. The molecule has 0 N–H and O–H groups in total. The Morgan fingerprint density at radius 1 is 1.10 bits per heavy atom. The van der Waals surface area contributed by atoms with Gasteiger partial charge >= 0.3 is 0 Å². The van der Waals surface area contributed by atoms with E-state index in [0.29, 0.717) is 21.6 Å². The molecule has 0 saturated heterocycles. The molecule has 0 aromatic heterocycles. The first-order valence-corrected chi connectivity index (χ1v) is 8.44. The number of alkyl halides is 1. The molecule has 1 nitrogen and oxygen atoms in total. The maximum atomic E-state index is 5.97. The summed E-state index contributed by atoms with van der Waals surface area (Å²) in [7, 11) is 0. The molecule has 0 spiro atoms. The highest BCUT2D eigenvalue weighted by Gasteiger charge is 2.66. The lowest BCUT2D eigenvalue weighted by Gasteiger charge is -2.16. The highest BCUT2D eigenvalue weighted by Crippen LogP contribution is 2.74. The van der Waals surface area contributed by atoms with Crippen LogP contribution < -0.4 is 4.74 Å². The van der Waals surface area contributed by atoms with Gasteiger partial charge in [0, 0.05) is 11.2 Å². The van der Waals surface area contributed by atoms with E-state index in [1.54, 1.807) is 0 Å². The zero-order valence-electron chi connectivity index (χ0n) is 13.4. The van der Waals surface area contributed by atoms with Crippen molar-refractivity contribution in [2.45, 2.75) is 58.4 Å². The molecule has 1 fully saturated rings. The zero-order chi connectivity index (χ0) is 14.9. The molecule has 3 rings (SSSR count). The lowest BCUT2D eigenvalue weighted by Crippen LogP contribution is -2.24. The van der Waals surface area contributed by atoms with Gasteiger partial charge in [0.05, 0.1) is 0 Å². The molecule has 0 radical (unpaired) electrons. The Hall–Kier alpha value is -0.500. The molecule has 1 heterocycles. The predicted octanol–water partition coefficient (Wildman–Crippen LogP) is 5.52. The van der Waals surface area contributed by atoms with Gasteiger partial charge in [-0.25, -0.2) is 0 Å². The summed E-state index contributed by atoms with van der Waals surface area (Å²) in [5.41, 5.74) is 3.49. The van der Waals surface area contributed by atoms with Crippen molar-refractivity contribution in [2.75, 3.05) is 0 Å². The van der Waals surface area contributed by atoms with Gasteiger partial charge in [-0.15, -0.1) is 0 Å². The summed E-state index contributed by atoms with van der Waals surface area (Å²) in [5, 5.41) is 0. The summed E-state index contributed by atoms with van der Waals surface area (Å²) < 4.78 is 5.97. The number of hydrogen-bond acceptors (Lipinski definition) is 1. The predicted molar refractivity (Wildman–Crippen MR) is 87.6 cm³/mol. The average molecular weight is 337 g/mol. The van der Waals surface area contributed by atoms with Crippen LogP contribution in [0.15, 0.2) is 18.2 Å². The number of ether oxygens (including phenoxy) is 1. The first kappa shape index (κ1) is 14.4. The highest BCUT2D eigenvalue weighted by atomic mass is 79.9. The minimum absolute atomic E-state index is 0.0547. The number of fused-ring (bicyclic) bond motifs is 1. The minimum atomic E-state index is -0.0547. The molecule has 1 aliphatic heterocycles. The van der Waals surface area contributed by atoms with E-state index in [4.69, 9.17) is 4.74 Å². The van der Waals surface area contributed by atoms with Crippen molar-refractivity contribution in [1.82, 2.24) is 0 Å². The second-order valence-electron chi connectivity index (χ2n) is 8.23. The van der Waals surface area contributed by atoms with Crippen LogP contribution in [0.4, 0.5) is 0 Å². The van der Waals surface area contributed by atoms with E-state index in [0.717, 1.165) is 12.2 Å². The largest absolute Gasteiger partial charge is 0.487 e. The Balaban J connectivity index is 1.87. The van der Waals surface area contributed by atoms with Crippen molar-refractivity contribution in [1.29, 1.82) is 0 Å². The SMILES string of the molecule is CC1(C)Cc2cc(C(Br)C3C(C)(C)C3(C)C)ccc2O1. The molecular formula is C18H25BrO. The molecule has 0 bridgehead atoms. The molecule has 1 aromatic carbocycles. The summed E-state index contributed by atoms with van der Waals surface area (Å²) in [5.74, 6) is 1.75. The van der Waals surface area contributed by atoms with Crippen molar-refractivity contribution in [3.05, 3.63) is 29.3 Å². The topological polar surface area (TPSA) is 9.23 Å². The third-order valence-electron chi connectivity index (χ3n) is 5.83. The van der Waals surface area contributed by atoms with Crippen LogP contribution >= 0.6 is 15.9 Å². The first-order valence-electron chi connectivity index (χ1n) is 7.52. The standard InChI is InChI=1S/C18H25BrO/c1-16(2)10-12-9-11(7-8-13(12)20-16)14(19)15-17(3,4)18(15,5)6/h7-9,14-15H,10H2,1-6H3. The van der Waals surface area contributed by atoms with Gasteiger partial charge in [-0.05, 0) is 47.8 Å². The molecule has 2 aliphatic rings. The van der Waals surface area contributed by atoms with Gasteiger partial charge in [-0.3, -0.25) is 0 Å². The van der Waals surface area contributed by atoms with Gasteiger partial charge in [-0.2, -0.15) is 0 Å². The van der Waals surface area contributed by atoms with Crippen LogP contribution in [0.2, 0.25) is 0 Å². The van der Waals surface area contributed by atoms with Crippen LogP contribution in [0.25, 0.3) is 0 Å². The number of halogens is 1. The van der Waals surface area contributed by atoms with E-state index >= 15 is 0 Å². The molecule has 1 unspecified atom stereocenters. The third kappa shape index (κ3) is 1.94. The van der Waals surface area contributed by atoms with Crippen LogP contribution in [0, 0.1) is 16.7 Å². The smallest absolute Gasteiger partial charge is 0.123 e. The Labute approximate surface area is 131 Å². The monoisotopic (exact) mass is 336 g/mol. The fraction of sp³-hybridized carbons (Fsp3) is 0.667. The van der Waals surface area contributed by atoms with Crippen LogP contribution in [0.5, 0.6) is 5.75 Å². The summed E-state index contributed by atoms with van der Waals surface area (Å²) >= 11 is 3.96. The van der Waals surface area contributed by atoms with Gasteiger partial charge in [0.2, 0.25) is 0 Å². The van der Waals surface area contributed by atoms with Gasteiger partial charge in [-0.1, -0.05) is 55.8 Å². The fourth-order valence-corrected chi connectivity index (χ4v) is 5.58. The van der Waals surface area contributed by atoms with Gasteiger partial charge in [0.1, 0.15) is 11.4 Å². The van der Waals surface area contributed by atoms with E-state index < -0.39 is 0 Å². The lowest BCUT2D eigenvalue weighted by molar-refractivity contribution is 0.138. The van der Waals surface area contributed by atoms with E-state index in [1.165, 1.54) is 11.1 Å². The van der Waals surface area contributed by atoms with Crippen LogP contribution in [0.1, 0.15) is 57.5 Å². The van der Waals surface area contributed by atoms with Crippen molar-refractivity contribution < 1.29 is 4.74 Å². The molecule has 20 heavy (non-hydrogen) atoms. The summed E-state index contributed by atoms with van der Waals surface area (Å²) in [4.78, 5) is 0.432. The first-order chi connectivity index (χ1) is 9.06. The maximum Gasteiger partial charge on any atom is 0.123 e. The second-order valence-corrected chi connectivity index (χ2v) is 9.22. The molecule has 1 aliphatic carbocycles. The van der Waals surface area contributed by atoms with E-state index in [1.807, 2.05) is 0 Å². The molecule has 1 saturated carbocycles. The van der Waals surface area contributed by atoms with Gasteiger partial charge in [0.15, 0.2) is 0 Å². The number of rotatable bonds is 2. The normalized spacial score (nSPS) is 26.8. The highest BCUT2D eigenvalue weighted by molar-refractivity contribution is 9.09. The average Bonchev–Trinajstić information content (AvgIpc) is 2.59. The Morgan fingerprint density at radius 3 is 2.25 bits per heavy atom. The third-order valence-corrected chi connectivity index (χ3v) is 6.89. The van der Waals surface area contributed by atoms with Crippen LogP contribution in [-0.2, 0) is 6.42 Å². The fourth-order valence-electron chi connectivity index (χ4n) is 3.97. The Bertz CT molecular complexity index is 543. The van der Waals surface area contributed by atoms with Crippen molar-refractivity contribution in [2.24, 2.45) is 16.7 Å². The molecule has 110 valence electrons. The molecule has 1 atom stereocenters. The van der Waals surface area contributed by atoms with Crippen molar-refractivity contribution >= 4 is 15.9 Å². The van der Waals surface area contributed by atoms with Crippen molar-refractivity contribution in [3.8, 4) is 5.75 Å². The van der Waals surface area contributed by atoms with E-state index in [9.17, 15) is 0 Å². The molecule has 1 aromatic rings. The van der Waals surface area contributed by atoms with Gasteiger partial charge in [0.25, 0.3) is 0 Å². The van der Waals surface area contributed by atoms with E-state index in [-0.39, 0.29) is 5.60 Å². The number of benzene rings is 1. The molecule has 0 amide bonds. The van der Waals surface area contributed by atoms with Gasteiger partial charge < -0.3 is 4.74 Å². The Kier molecular flexibility index (Phi) is 2.91. The maximum absolute atomic E-state index is 5.97. The van der Waals surface area contributed by atoms with Crippen LogP contribution in [0.3, 0.4) is 0 Å². The van der Waals surface area contributed by atoms with E-state index in [2.05, 4.69) is 75.7 Å². The quantitative estimate of drug-likeness (QED) is 0.646. The van der Waals surface area contributed by atoms with Crippen molar-refractivity contribution in [3.63, 3.8) is 0 Å². The number of hydrogen-bond donors (Lipinski definition) is 0. The summed E-state index contributed by atoms with van der Waals surface area (Å²) in [6.07, 6.45) is 1.01. The minimum Gasteiger partial charge on any atom is -0.487 e. The lowest BCUT2D eigenvalue weighted by atomic mass is 9.97. The summed E-state index contributed by atoms with van der Waals surface area (Å²) in [6, 6.07) is 6.72. The molecule has 2 heteroatoms. The summed E-state index contributed by atoms with van der Waals surface area (Å²) in [6.45, 7) is 13.8. The Morgan fingerprint density at radius 2 is 1.70 bits per heavy atom.